The minimum absolute atomic E-state index is 0.214. The standard InChI is InChI=1S/C28H28ClNO5/c1-32-24-9-8-19-12-23-21-14-26(34-3)25(33-2)13-20(21)10-11-30(23)16-22(19)27(24)35-28(31)18-6-4-17(15-29)5-7-18/h4-9,13-14,23H,10-12,15-16H2,1-3H3. The zero-order chi connectivity index (χ0) is 24.5. The summed E-state index contributed by atoms with van der Waals surface area (Å²) >= 11 is 5.88. The molecular weight excluding hydrogens is 466 g/mol. The molecule has 0 N–H and O–H groups in total. The van der Waals surface area contributed by atoms with Crippen LogP contribution in [0.25, 0.3) is 0 Å². The van der Waals surface area contributed by atoms with Gasteiger partial charge in [-0.2, -0.15) is 0 Å². The highest BCUT2D eigenvalue weighted by Crippen LogP contribution is 2.46. The summed E-state index contributed by atoms with van der Waals surface area (Å²) in [6.45, 7) is 1.57. The number of alkyl halides is 1. The molecule has 0 spiro atoms. The van der Waals surface area contributed by atoms with Crippen molar-refractivity contribution in [1.29, 1.82) is 0 Å². The van der Waals surface area contributed by atoms with Crippen molar-refractivity contribution < 1.29 is 23.7 Å². The van der Waals surface area contributed by atoms with E-state index in [4.69, 9.17) is 30.5 Å². The Morgan fingerprint density at radius 2 is 1.66 bits per heavy atom. The van der Waals surface area contributed by atoms with Gasteiger partial charge in [0.15, 0.2) is 23.0 Å². The molecule has 35 heavy (non-hydrogen) atoms. The van der Waals surface area contributed by atoms with Crippen molar-refractivity contribution in [2.24, 2.45) is 0 Å². The van der Waals surface area contributed by atoms with Gasteiger partial charge in [-0.3, -0.25) is 4.90 Å². The van der Waals surface area contributed by atoms with Crippen LogP contribution >= 0.6 is 11.6 Å². The summed E-state index contributed by atoms with van der Waals surface area (Å²) in [6, 6.07) is 15.5. The van der Waals surface area contributed by atoms with Crippen LogP contribution in [0.3, 0.4) is 0 Å². The molecule has 5 rings (SSSR count). The summed E-state index contributed by atoms with van der Waals surface area (Å²) < 4.78 is 22.6. The summed E-state index contributed by atoms with van der Waals surface area (Å²) in [5.41, 5.74) is 6.11. The van der Waals surface area contributed by atoms with Gasteiger partial charge in [-0.25, -0.2) is 4.79 Å². The second kappa shape index (κ2) is 9.80. The number of ether oxygens (including phenoxy) is 4. The lowest BCUT2D eigenvalue weighted by Crippen LogP contribution is -2.39. The zero-order valence-corrected chi connectivity index (χ0v) is 20.9. The van der Waals surface area contributed by atoms with Crippen LogP contribution < -0.4 is 18.9 Å². The maximum atomic E-state index is 13.0. The highest BCUT2D eigenvalue weighted by atomic mass is 35.5. The third-order valence-electron chi connectivity index (χ3n) is 6.97. The van der Waals surface area contributed by atoms with Crippen molar-refractivity contribution in [1.82, 2.24) is 4.90 Å². The second-order valence-electron chi connectivity index (χ2n) is 8.80. The first kappa shape index (κ1) is 23.5. The van der Waals surface area contributed by atoms with Crippen molar-refractivity contribution in [2.75, 3.05) is 27.9 Å². The number of rotatable bonds is 6. The molecule has 6 nitrogen and oxygen atoms in total. The van der Waals surface area contributed by atoms with E-state index < -0.39 is 5.97 Å². The molecule has 3 aromatic rings. The Balaban J connectivity index is 1.48. The molecular formula is C28H28ClNO5. The predicted octanol–water partition coefficient (Wildman–Crippen LogP) is 5.33. The van der Waals surface area contributed by atoms with Crippen molar-refractivity contribution in [2.45, 2.75) is 31.3 Å². The van der Waals surface area contributed by atoms with E-state index in [9.17, 15) is 4.79 Å². The number of halogens is 1. The Labute approximate surface area is 210 Å². The molecule has 2 aliphatic heterocycles. The van der Waals surface area contributed by atoms with Gasteiger partial charge in [-0.05, 0) is 65.4 Å². The maximum Gasteiger partial charge on any atom is 0.343 e. The van der Waals surface area contributed by atoms with Crippen LogP contribution in [0.15, 0.2) is 48.5 Å². The van der Waals surface area contributed by atoms with E-state index >= 15 is 0 Å². The highest BCUT2D eigenvalue weighted by Gasteiger charge is 2.35. The quantitative estimate of drug-likeness (QED) is 0.263. The van der Waals surface area contributed by atoms with Gasteiger partial charge in [-0.15, -0.1) is 11.6 Å². The molecule has 182 valence electrons. The number of nitrogens with zero attached hydrogens (tertiary/aromatic N) is 1. The third-order valence-corrected chi connectivity index (χ3v) is 7.28. The third kappa shape index (κ3) is 4.32. The van der Waals surface area contributed by atoms with Crippen molar-refractivity contribution in [3.05, 3.63) is 81.9 Å². The molecule has 7 heteroatoms. The molecule has 0 fully saturated rings. The fourth-order valence-electron chi connectivity index (χ4n) is 5.09. The maximum absolute atomic E-state index is 13.0. The van der Waals surface area contributed by atoms with E-state index in [0.717, 1.165) is 47.6 Å². The Bertz CT molecular complexity index is 1260. The van der Waals surface area contributed by atoms with E-state index in [2.05, 4.69) is 23.1 Å². The van der Waals surface area contributed by atoms with Gasteiger partial charge in [-0.1, -0.05) is 18.2 Å². The minimum atomic E-state index is -0.416. The molecule has 2 heterocycles. The summed E-state index contributed by atoms with van der Waals surface area (Å²) in [5.74, 6) is 2.52. The van der Waals surface area contributed by atoms with Gasteiger partial charge in [0.25, 0.3) is 0 Å². The molecule has 3 aromatic carbocycles. The number of hydrogen-bond donors (Lipinski definition) is 0. The first-order chi connectivity index (χ1) is 17.1. The number of methoxy groups -OCH3 is 3. The number of carbonyl (C=O) groups excluding carboxylic acids is 1. The van der Waals surface area contributed by atoms with E-state index in [-0.39, 0.29) is 6.04 Å². The number of carbonyl (C=O) groups is 1. The number of benzene rings is 3. The molecule has 0 radical (unpaired) electrons. The molecule has 0 bridgehead atoms. The fraction of sp³-hybridized carbons (Fsp3) is 0.321. The van der Waals surface area contributed by atoms with Gasteiger partial charge >= 0.3 is 5.97 Å². The molecule has 1 unspecified atom stereocenters. The smallest absolute Gasteiger partial charge is 0.343 e. The molecule has 0 saturated carbocycles. The first-order valence-corrected chi connectivity index (χ1v) is 12.1. The van der Waals surface area contributed by atoms with E-state index in [0.29, 0.717) is 29.5 Å². The fourth-order valence-corrected chi connectivity index (χ4v) is 5.26. The van der Waals surface area contributed by atoms with Crippen LogP contribution in [-0.4, -0.2) is 38.7 Å². The Hall–Kier alpha value is -3.22. The van der Waals surface area contributed by atoms with E-state index in [1.54, 1.807) is 33.5 Å². The van der Waals surface area contributed by atoms with Crippen molar-refractivity contribution >= 4 is 17.6 Å². The van der Waals surface area contributed by atoms with Crippen LogP contribution in [0.4, 0.5) is 0 Å². The van der Waals surface area contributed by atoms with Crippen LogP contribution in [0.2, 0.25) is 0 Å². The van der Waals surface area contributed by atoms with Crippen LogP contribution in [0.1, 0.15) is 44.2 Å². The number of esters is 1. The SMILES string of the molecule is COc1cc2c(cc1OC)C1Cc3ccc(OC)c(OC(=O)c4ccc(CCl)cc4)c3CN1CC2. The molecule has 2 aliphatic rings. The largest absolute Gasteiger partial charge is 0.493 e. The molecule has 0 saturated heterocycles. The van der Waals surface area contributed by atoms with Crippen LogP contribution in [0, 0.1) is 0 Å². The van der Waals surface area contributed by atoms with Gasteiger partial charge < -0.3 is 18.9 Å². The minimum Gasteiger partial charge on any atom is -0.493 e. The summed E-state index contributed by atoms with van der Waals surface area (Å²) in [5, 5.41) is 0. The second-order valence-corrected chi connectivity index (χ2v) is 9.07. The molecule has 0 aliphatic carbocycles. The Kier molecular flexibility index (Phi) is 6.58. The monoisotopic (exact) mass is 493 g/mol. The highest BCUT2D eigenvalue weighted by molar-refractivity contribution is 6.17. The van der Waals surface area contributed by atoms with Gasteiger partial charge in [0.2, 0.25) is 0 Å². The topological polar surface area (TPSA) is 57.2 Å². The Morgan fingerprint density at radius 1 is 0.943 bits per heavy atom. The lowest BCUT2D eigenvalue weighted by atomic mass is 9.83. The average Bonchev–Trinajstić information content (AvgIpc) is 2.91. The molecule has 0 amide bonds. The lowest BCUT2D eigenvalue weighted by Gasteiger charge is -2.42. The van der Waals surface area contributed by atoms with E-state index in [1.807, 2.05) is 18.2 Å². The summed E-state index contributed by atoms with van der Waals surface area (Å²) in [7, 11) is 4.92. The first-order valence-electron chi connectivity index (χ1n) is 11.6. The average molecular weight is 494 g/mol. The van der Waals surface area contributed by atoms with Crippen molar-refractivity contribution in [3.8, 4) is 23.0 Å². The van der Waals surface area contributed by atoms with Crippen LogP contribution in [-0.2, 0) is 25.3 Å². The van der Waals surface area contributed by atoms with Gasteiger partial charge in [0.1, 0.15) is 0 Å². The van der Waals surface area contributed by atoms with Crippen molar-refractivity contribution in [3.63, 3.8) is 0 Å². The van der Waals surface area contributed by atoms with Gasteiger partial charge in [0.05, 0.1) is 26.9 Å². The normalized spacial score (nSPS) is 16.5. The summed E-state index contributed by atoms with van der Waals surface area (Å²) in [4.78, 5) is 15.4. The number of fused-ring (bicyclic) bond motifs is 4. The lowest BCUT2D eigenvalue weighted by molar-refractivity contribution is 0.0722. The van der Waals surface area contributed by atoms with E-state index in [1.165, 1.54) is 11.1 Å². The van der Waals surface area contributed by atoms with Gasteiger partial charge in [0, 0.05) is 30.6 Å². The molecule has 1 atom stereocenters. The zero-order valence-electron chi connectivity index (χ0n) is 20.1. The van der Waals surface area contributed by atoms with Crippen LogP contribution in [0.5, 0.6) is 23.0 Å². The summed E-state index contributed by atoms with van der Waals surface area (Å²) in [6.07, 6.45) is 1.71. The molecule has 0 aromatic heterocycles. The Morgan fingerprint density at radius 3 is 2.34 bits per heavy atom. The number of hydrogen-bond acceptors (Lipinski definition) is 6. The predicted molar refractivity (Wildman–Crippen MR) is 134 cm³/mol.